The summed E-state index contributed by atoms with van der Waals surface area (Å²) in [4.78, 5) is 25.1. The van der Waals surface area contributed by atoms with Crippen LogP contribution in [-0.2, 0) is 19.6 Å². The minimum atomic E-state index is -4.09. The fourth-order valence-electron chi connectivity index (χ4n) is 2.93. The molecule has 2 rings (SSSR count). The van der Waals surface area contributed by atoms with Gasteiger partial charge in [0.1, 0.15) is 6.04 Å². The number of hydrogen-bond acceptors (Lipinski definition) is 7. The van der Waals surface area contributed by atoms with Crippen molar-refractivity contribution in [3.63, 3.8) is 0 Å². The Kier molecular flexibility index (Phi) is 7.62. The van der Waals surface area contributed by atoms with Crippen molar-refractivity contribution in [3.05, 3.63) is 47.5 Å². The highest BCUT2D eigenvalue weighted by Crippen LogP contribution is 2.34. The number of nitrogens with one attached hydrogen (secondary N) is 1. The van der Waals surface area contributed by atoms with Crippen molar-refractivity contribution in [2.75, 3.05) is 37.2 Å². The molecule has 0 spiro atoms. The van der Waals surface area contributed by atoms with Gasteiger partial charge in [0.25, 0.3) is 0 Å². The van der Waals surface area contributed by atoms with Gasteiger partial charge in [0, 0.05) is 18.2 Å². The molecule has 0 bridgehead atoms. The minimum Gasteiger partial charge on any atom is -0.493 e. The molecule has 1 N–H and O–H groups in total. The third-order valence-corrected chi connectivity index (χ3v) is 5.67. The summed E-state index contributed by atoms with van der Waals surface area (Å²) >= 11 is 0. The van der Waals surface area contributed by atoms with E-state index in [4.69, 9.17) is 14.2 Å². The summed E-state index contributed by atoms with van der Waals surface area (Å²) in [5.74, 6) is -3.74. The summed E-state index contributed by atoms with van der Waals surface area (Å²) in [6, 6.07) is 3.62. The summed E-state index contributed by atoms with van der Waals surface area (Å²) in [6.45, 7) is 1.25. The molecule has 0 unspecified atom stereocenters. The number of amides is 1. The van der Waals surface area contributed by atoms with Crippen LogP contribution in [0.1, 0.15) is 17.3 Å². The largest absolute Gasteiger partial charge is 0.493 e. The Balaban J connectivity index is 2.49. The molecule has 2 aromatic carbocycles. The number of carbonyl (C=O) groups is 2. The normalized spacial score (nSPS) is 12.0. The van der Waals surface area contributed by atoms with Gasteiger partial charge in [0.05, 0.1) is 44.5 Å². The Hall–Kier alpha value is -3.41. The molecule has 0 aliphatic rings. The van der Waals surface area contributed by atoms with Crippen LogP contribution in [-0.4, -0.2) is 53.9 Å². The maximum Gasteiger partial charge on any atom is 0.340 e. The fraction of sp³-hybridized carbons (Fsp3) is 0.300. The number of anilines is 2. The summed E-state index contributed by atoms with van der Waals surface area (Å²) in [5.41, 5.74) is -0.371. The maximum atomic E-state index is 13.7. The van der Waals surface area contributed by atoms with E-state index in [-0.39, 0.29) is 28.4 Å². The van der Waals surface area contributed by atoms with E-state index in [1.54, 1.807) is 0 Å². The maximum absolute atomic E-state index is 13.7. The Bertz CT molecular complexity index is 1140. The quantitative estimate of drug-likeness (QED) is 0.588. The van der Waals surface area contributed by atoms with E-state index >= 15 is 0 Å². The van der Waals surface area contributed by atoms with Crippen molar-refractivity contribution < 1.29 is 41.0 Å². The predicted octanol–water partition coefficient (Wildman–Crippen LogP) is 2.56. The first-order valence-electron chi connectivity index (χ1n) is 9.04. The first-order chi connectivity index (χ1) is 14.9. The van der Waals surface area contributed by atoms with Crippen molar-refractivity contribution >= 4 is 33.3 Å². The number of halogens is 2. The highest BCUT2D eigenvalue weighted by atomic mass is 32.2. The lowest BCUT2D eigenvalue weighted by molar-refractivity contribution is -0.116. The van der Waals surface area contributed by atoms with Gasteiger partial charge in [-0.1, -0.05) is 0 Å². The van der Waals surface area contributed by atoms with Gasteiger partial charge in [0.15, 0.2) is 23.1 Å². The third-order valence-electron chi connectivity index (χ3n) is 4.43. The average Bonchev–Trinajstić information content (AvgIpc) is 2.74. The van der Waals surface area contributed by atoms with Gasteiger partial charge in [0.2, 0.25) is 15.9 Å². The van der Waals surface area contributed by atoms with E-state index in [2.05, 4.69) is 5.32 Å². The molecule has 0 aliphatic heterocycles. The van der Waals surface area contributed by atoms with E-state index in [0.29, 0.717) is 10.4 Å². The lowest BCUT2D eigenvalue weighted by atomic mass is 10.1. The van der Waals surface area contributed by atoms with Crippen LogP contribution in [0.2, 0.25) is 0 Å². The number of nitrogens with zero attached hydrogens (tertiary/aromatic N) is 1. The van der Waals surface area contributed by atoms with Crippen molar-refractivity contribution in [2.24, 2.45) is 0 Å². The third kappa shape index (κ3) is 5.25. The van der Waals surface area contributed by atoms with Gasteiger partial charge in [-0.3, -0.25) is 9.10 Å². The second kappa shape index (κ2) is 9.81. The SMILES string of the molecule is COC(=O)c1cc(OC)c(OC)cc1NC(=O)[C@@H](C)N(c1ccc(F)c(F)c1)S(C)(=O)=O. The Morgan fingerprint density at radius 1 is 1.00 bits per heavy atom. The van der Waals surface area contributed by atoms with Crippen LogP contribution < -0.4 is 19.1 Å². The standard InChI is InChI=1S/C20H22F2N2O7S/c1-11(24(32(5,27)28)12-6-7-14(21)15(22)8-12)19(25)23-16-10-18(30-3)17(29-2)9-13(16)20(26)31-4/h6-11H,1-5H3,(H,23,25)/t11-/m1/s1. The molecule has 0 radical (unpaired) electrons. The van der Waals surface area contributed by atoms with Gasteiger partial charge >= 0.3 is 5.97 Å². The molecule has 0 saturated heterocycles. The number of esters is 1. The Labute approximate surface area is 183 Å². The smallest absolute Gasteiger partial charge is 0.340 e. The monoisotopic (exact) mass is 472 g/mol. The lowest BCUT2D eigenvalue weighted by Gasteiger charge is -2.28. The zero-order valence-corrected chi connectivity index (χ0v) is 18.7. The van der Waals surface area contributed by atoms with Gasteiger partial charge < -0.3 is 19.5 Å². The Morgan fingerprint density at radius 2 is 1.59 bits per heavy atom. The summed E-state index contributed by atoms with van der Waals surface area (Å²) in [7, 11) is -0.253. The molecule has 0 saturated carbocycles. The van der Waals surface area contributed by atoms with Crippen LogP contribution in [0, 0.1) is 11.6 Å². The van der Waals surface area contributed by atoms with Crippen LogP contribution >= 0.6 is 0 Å². The number of methoxy groups -OCH3 is 3. The summed E-state index contributed by atoms with van der Waals surface area (Å²) in [6.07, 6.45) is 0.814. The van der Waals surface area contributed by atoms with Crippen LogP contribution in [0.3, 0.4) is 0 Å². The zero-order valence-electron chi connectivity index (χ0n) is 17.9. The molecular formula is C20H22F2N2O7S. The van der Waals surface area contributed by atoms with E-state index in [0.717, 1.165) is 25.5 Å². The molecule has 1 amide bonds. The number of hydrogen-bond donors (Lipinski definition) is 1. The van der Waals surface area contributed by atoms with Gasteiger partial charge in [-0.05, 0) is 19.1 Å². The molecule has 0 fully saturated rings. The van der Waals surface area contributed by atoms with Crippen LogP contribution in [0.25, 0.3) is 0 Å². The molecule has 2 aromatic rings. The number of ether oxygens (including phenoxy) is 3. The molecule has 174 valence electrons. The van der Waals surface area contributed by atoms with Crippen molar-refractivity contribution in [3.8, 4) is 11.5 Å². The summed E-state index contributed by atoms with van der Waals surface area (Å²) in [5, 5.41) is 2.45. The molecular weight excluding hydrogens is 450 g/mol. The molecule has 32 heavy (non-hydrogen) atoms. The number of sulfonamides is 1. The van der Waals surface area contributed by atoms with Gasteiger partial charge in [-0.2, -0.15) is 0 Å². The molecule has 0 aliphatic carbocycles. The fourth-order valence-corrected chi connectivity index (χ4v) is 4.10. The minimum absolute atomic E-state index is 0.0370. The number of benzene rings is 2. The van der Waals surface area contributed by atoms with Crippen molar-refractivity contribution in [1.29, 1.82) is 0 Å². The number of rotatable bonds is 8. The van der Waals surface area contributed by atoms with E-state index < -0.39 is 39.6 Å². The second-order valence-electron chi connectivity index (χ2n) is 6.57. The topological polar surface area (TPSA) is 111 Å². The van der Waals surface area contributed by atoms with Crippen LogP contribution in [0.15, 0.2) is 30.3 Å². The summed E-state index contributed by atoms with van der Waals surface area (Å²) < 4.78 is 67.4. The van der Waals surface area contributed by atoms with Gasteiger partial charge in [-0.15, -0.1) is 0 Å². The highest BCUT2D eigenvalue weighted by molar-refractivity contribution is 7.92. The first-order valence-corrected chi connectivity index (χ1v) is 10.9. The van der Waals surface area contributed by atoms with Crippen molar-refractivity contribution in [2.45, 2.75) is 13.0 Å². The first kappa shape index (κ1) is 24.9. The van der Waals surface area contributed by atoms with E-state index in [1.165, 1.54) is 33.3 Å². The highest BCUT2D eigenvalue weighted by Gasteiger charge is 2.31. The van der Waals surface area contributed by atoms with E-state index in [9.17, 15) is 26.8 Å². The van der Waals surface area contributed by atoms with Crippen LogP contribution in [0.5, 0.6) is 11.5 Å². The van der Waals surface area contributed by atoms with Gasteiger partial charge in [-0.25, -0.2) is 22.0 Å². The molecule has 0 heterocycles. The zero-order chi connectivity index (χ0) is 24.2. The molecule has 9 nitrogen and oxygen atoms in total. The van der Waals surface area contributed by atoms with E-state index in [1.807, 2.05) is 0 Å². The van der Waals surface area contributed by atoms with Crippen molar-refractivity contribution in [1.82, 2.24) is 0 Å². The number of carbonyl (C=O) groups excluding carboxylic acids is 2. The molecule has 0 aromatic heterocycles. The molecule has 1 atom stereocenters. The molecule has 12 heteroatoms. The average molecular weight is 472 g/mol. The second-order valence-corrected chi connectivity index (χ2v) is 8.43. The lowest BCUT2D eigenvalue weighted by Crippen LogP contribution is -2.45. The predicted molar refractivity (Wildman–Crippen MR) is 113 cm³/mol. The van der Waals surface area contributed by atoms with Crippen LogP contribution in [0.4, 0.5) is 20.2 Å². The Morgan fingerprint density at radius 3 is 2.09 bits per heavy atom.